The second-order valence-corrected chi connectivity index (χ2v) is 14.9. The lowest BCUT2D eigenvalue weighted by atomic mass is 9.73. The molecule has 6 aliphatic heterocycles. The van der Waals surface area contributed by atoms with Crippen molar-refractivity contribution in [2.45, 2.75) is 97.9 Å². The van der Waals surface area contributed by atoms with Gasteiger partial charge in [0.05, 0.1) is 35.1 Å². The summed E-state index contributed by atoms with van der Waals surface area (Å²) in [6.45, 7) is 12.1. The second-order valence-electron chi connectivity index (χ2n) is 14.9. The number of phenols is 1. The van der Waals surface area contributed by atoms with Gasteiger partial charge in [-0.15, -0.1) is 0 Å². The van der Waals surface area contributed by atoms with E-state index in [9.17, 15) is 49.8 Å². The van der Waals surface area contributed by atoms with Crippen molar-refractivity contribution in [3.8, 4) is 11.5 Å². The summed E-state index contributed by atoms with van der Waals surface area (Å²) in [4.78, 5) is 53.3. The van der Waals surface area contributed by atoms with Gasteiger partial charge in [-0.05, 0) is 59.3 Å². The molecule has 1 amide bonds. The first-order valence-electron chi connectivity index (χ1n) is 17.4. The number of aliphatic hydroxyl groups excluding tert-OH is 3. The quantitative estimate of drug-likeness (QED) is 0.124. The maximum absolute atomic E-state index is 13.9. The number of Topliss-reactive ketones (excluding diaryl/α,β-unsaturated/α-hetero) is 1. The molecule has 15 heteroatoms. The molecule has 54 heavy (non-hydrogen) atoms. The third-order valence-corrected chi connectivity index (χ3v) is 10.7. The van der Waals surface area contributed by atoms with Gasteiger partial charge in [0.2, 0.25) is 6.79 Å². The van der Waals surface area contributed by atoms with Crippen LogP contribution < -0.4 is 10.1 Å². The SMILES string of the molecule is CC(=O)Oc1c(C)c2c(O)c3c1C1=C(OCOC1=C(C)C3=O)/C(C)=C/[C@@](C)(O)[C@H](O)[C@@H](C)[C@@H](O)[C@@H]1C(=O)O[C@H]([C@@H](C)[C@H]1O)[C@@](C)(O)/C=C\C=C(/C)C(=O)N2. The Labute approximate surface area is 311 Å². The molecule has 292 valence electrons. The van der Waals surface area contributed by atoms with E-state index >= 15 is 0 Å². The Morgan fingerprint density at radius 2 is 1.52 bits per heavy atom. The lowest BCUT2D eigenvalue weighted by Crippen LogP contribution is -2.60. The zero-order chi connectivity index (χ0) is 40.4. The molecule has 0 unspecified atom stereocenters. The number of carbonyl (C=O) groups excluding carboxylic acids is 4. The number of ether oxygens (including phenoxy) is 4. The molecule has 15 nitrogen and oxygen atoms in total. The monoisotopic (exact) mass is 753 g/mol. The summed E-state index contributed by atoms with van der Waals surface area (Å²) in [5, 5.41) is 71.6. The van der Waals surface area contributed by atoms with Crippen LogP contribution in [0.5, 0.6) is 11.5 Å². The van der Waals surface area contributed by atoms with Crippen LogP contribution in [-0.2, 0) is 28.6 Å². The topological polar surface area (TPSA) is 239 Å². The van der Waals surface area contributed by atoms with Gasteiger partial charge < -0.3 is 54.9 Å². The van der Waals surface area contributed by atoms with E-state index in [1.165, 1.54) is 79.7 Å². The number of amides is 1. The molecular formula is C39H47NO14. The maximum Gasteiger partial charge on any atom is 0.314 e. The van der Waals surface area contributed by atoms with E-state index in [-0.39, 0.29) is 61.9 Å². The Bertz CT molecular complexity index is 1960. The highest BCUT2D eigenvalue weighted by molar-refractivity contribution is 6.21. The van der Waals surface area contributed by atoms with Crippen molar-refractivity contribution < 1.29 is 68.8 Å². The van der Waals surface area contributed by atoms with Crippen molar-refractivity contribution >= 4 is 34.9 Å². The molecular weight excluding hydrogens is 706 g/mol. The molecule has 6 bridgehead atoms. The summed E-state index contributed by atoms with van der Waals surface area (Å²) in [5.41, 5.74) is -4.31. The highest BCUT2D eigenvalue weighted by atomic mass is 16.7. The van der Waals surface area contributed by atoms with Crippen LogP contribution in [-0.4, -0.2) is 96.7 Å². The minimum atomic E-state index is -2.15. The van der Waals surface area contributed by atoms with Gasteiger partial charge in [-0.25, -0.2) is 0 Å². The summed E-state index contributed by atoms with van der Waals surface area (Å²) < 4.78 is 22.9. The fourth-order valence-electron chi connectivity index (χ4n) is 7.59. The van der Waals surface area contributed by atoms with Crippen LogP contribution in [0, 0.1) is 24.7 Å². The van der Waals surface area contributed by atoms with E-state index in [2.05, 4.69) is 5.32 Å². The third kappa shape index (κ3) is 6.86. The highest BCUT2D eigenvalue weighted by Crippen LogP contribution is 2.53. The van der Waals surface area contributed by atoms with Gasteiger partial charge in [0, 0.05) is 41.0 Å². The molecule has 0 saturated carbocycles. The predicted octanol–water partition coefficient (Wildman–Crippen LogP) is 2.61. The first-order chi connectivity index (χ1) is 25.0. The van der Waals surface area contributed by atoms with Crippen LogP contribution in [0.25, 0.3) is 5.57 Å². The lowest BCUT2D eigenvalue weighted by Gasteiger charge is -2.45. The summed E-state index contributed by atoms with van der Waals surface area (Å²) >= 11 is 0. The largest absolute Gasteiger partial charge is 0.505 e. The number of phenolic OH excluding ortho intramolecular Hbond substituents is 1. The first-order valence-corrected chi connectivity index (χ1v) is 17.4. The number of ketones is 1. The molecule has 6 heterocycles. The molecule has 9 atom stereocenters. The van der Waals surface area contributed by atoms with Crippen LogP contribution in [0.15, 0.2) is 52.5 Å². The third-order valence-electron chi connectivity index (χ3n) is 10.7. The Kier molecular flexibility index (Phi) is 10.8. The normalized spacial score (nSPS) is 35.9. The fraction of sp³-hybridized carbons (Fsp3) is 0.487. The van der Waals surface area contributed by atoms with Crippen LogP contribution in [0.4, 0.5) is 5.69 Å². The van der Waals surface area contributed by atoms with Crippen molar-refractivity contribution in [1.29, 1.82) is 0 Å². The van der Waals surface area contributed by atoms with Crippen molar-refractivity contribution in [1.82, 2.24) is 0 Å². The standard InChI is InChI=1S/C39H47NO14/c1-15-11-10-12-38(8,49)35-20(6)29(44)25(37(48)54-35)28(43)19(5)34(46)39(9,50)13-16(2)31-24-22-23(27(42)18(4)32(24)52-14-51-31)30(45)26(40-36(15)47)17(3)33(22)53-21(7)41/h10-13,19-20,25,28-29,34-35,43-46,49-50H,14H2,1-9H3,(H,40,47)/b12-10-,15-11+,16-13+/t19-,20-,25-,28+,29+,34+,35+,38-,39+/m0/s1. The molecule has 0 spiro atoms. The van der Waals surface area contributed by atoms with Crippen LogP contribution >= 0.6 is 0 Å². The van der Waals surface area contributed by atoms with Crippen molar-refractivity contribution in [3.63, 3.8) is 0 Å². The van der Waals surface area contributed by atoms with Gasteiger partial charge in [-0.2, -0.15) is 0 Å². The van der Waals surface area contributed by atoms with Crippen LogP contribution in [0.2, 0.25) is 0 Å². The maximum atomic E-state index is 13.9. The molecule has 0 radical (unpaired) electrons. The highest BCUT2D eigenvalue weighted by Gasteiger charge is 2.53. The Hall–Kier alpha value is -4.80. The zero-order valence-electron chi connectivity index (χ0n) is 31.5. The number of rotatable bonds is 1. The van der Waals surface area contributed by atoms with Gasteiger partial charge in [0.1, 0.15) is 40.5 Å². The first kappa shape index (κ1) is 40.4. The van der Waals surface area contributed by atoms with E-state index in [0.717, 1.165) is 6.92 Å². The summed E-state index contributed by atoms with van der Waals surface area (Å²) in [5.74, 6) is -7.85. The Morgan fingerprint density at radius 1 is 0.907 bits per heavy atom. The fourth-order valence-corrected chi connectivity index (χ4v) is 7.59. The zero-order valence-corrected chi connectivity index (χ0v) is 31.5. The molecule has 1 aromatic rings. The van der Waals surface area contributed by atoms with Gasteiger partial charge in [0.25, 0.3) is 5.91 Å². The van der Waals surface area contributed by atoms with Crippen LogP contribution in [0.1, 0.15) is 76.9 Å². The van der Waals surface area contributed by atoms with Gasteiger partial charge in [-0.1, -0.05) is 26.0 Å². The second kappa shape index (κ2) is 14.5. The van der Waals surface area contributed by atoms with E-state index in [1.54, 1.807) is 0 Å². The number of hydrogen-bond acceptors (Lipinski definition) is 14. The summed E-state index contributed by atoms with van der Waals surface area (Å²) in [7, 11) is 0. The molecule has 7 N–H and O–H groups in total. The molecule has 0 aromatic heterocycles. The van der Waals surface area contributed by atoms with Crippen molar-refractivity contribution in [3.05, 3.63) is 69.2 Å². The smallest absolute Gasteiger partial charge is 0.314 e. The number of benzene rings is 1. The number of esters is 2. The predicted molar refractivity (Wildman–Crippen MR) is 191 cm³/mol. The molecule has 1 saturated heterocycles. The lowest BCUT2D eigenvalue weighted by molar-refractivity contribution is -0.211. The molecule has 1 aliphatic carbocycles. The van der Waals surface area contributed by atoms with Crippen LogP contribution in [0.3, 0.4) is 0 Å². The summed E-state index contributed by atoms with van der Waals surface area (Å²) in [6.07, 6.45) is -1.21. The van der Waals surface area contributed by atoms with Crippen molar-refractivity contribution in [2.75, 3.05) is 12.1 Å². The number of hydrogen-bond donors (Lipinski definition) is 7. The Morgan fingerprint density at radius 3 is 2.15 bits per heavy atom. The Balaban J connectivity index is 1.80. The average Bonchev–Trinajstić information content (AvgIpc) is 3.09. The number of anilines is 1. The molecule has 8 rings (SSSR count). The number of nitrogens with one attached hydrogen (secondary N) is 1. The molecule has 1 aromatic carbocycles. The van der Waals surface area contributed by atoms with E-state index in [0.29, 0.717) is 0 Å². The van der Waals surface area contributed by atoms with E-state index in [4.69, 9.17) is 18.9 Å². The summed E-state index contributed by atoms with van der Waals surface area (Å²) in [6, 6.07) is 0. The van der Waals surface area contributed by atoms with E-state index < -0.39 is 89.5 Å². The minimum Gasteiger partial charge on any atom is -0.505 e. The minimum absolute atomic E-state index is 0.0103. The van der Waals surface area contributed by atoms with Gasteiger partial charge in [-0.3, -0.25) is 19.2 Å². The van der Waals surface area contributed by atoms with Gasteiger partial charge >= 0.3 is 11.9 Å². The number of allylic oxidation sites excluding steroid dienone is 5. The number of aliphatic hydroxyl groups is 5. The average molecular weight is 754 g/mol. The molecule has 7 aliphatic rings. The van der Waals surface area contributed by atoms with Crippen molar-refractivity contribution in [2.24, 2.45) is 17.8 Å². The van der Waals surface area contributed by atoms with Gasteiger partial charge in [0.15, 0.2) is 11.5 Å². The number of carbonyl (C=O) groups is 4. The molecule has 1 fully saturated rings. The van der Waals surface area contributed by atoms with E-state index in [1.807, 2.05) is 0 Å². The number of aromatic hydroxyl groups is 1.